The van der Waals surface area contributed by atoms with E-state index in [1.807, 2.05) is 0 Å². The average Bonchev–Trinajstić information content (AvgIpc) is 2.84. The number of benzene rings is 4. The molecule has 0 fully saturated rings. The molecule has 0 heterocycles. The summed E-state index contributed by atoms with van der Waals surface area (Å²) in [7, 11) is -8.70. The lowest BCUT2D eigenvalue weighted by molar-refractivity contribution is 0.602. The molecule has 178 valence electrons. The van der Waals surface area contributed by atoms with Crippen molar-refractivity contribution in [1.82, 2.24) is 0 Å². The molecule has 9 heteroatoms. The zero-order valence-corrected chi connectivity index (χ0v) is 21.8. The highest BCUT2D eigenvalue weighted by Crippen LogP contribution is 2.41. The Morgan fingerprint density at radius 3 is 1.11 bits per heavy atom. The average molecular weight is 564 g/mol. The van der Waals surface area contributed by atoms with Gasteiger partial charge in [-0.15, -0.1) is 0 Å². The molecule has 4 nitrogen and oxygen atoms in total. The molecular formula is C26H17Cl3O4S2. The highest BCUT2D eigenvalue weighted by molar-refractivity contribution is 8.06. The van der Waals surface area contributed by atoms with E-state index in [9.17, 15) is 16.8 Å². The van der Waals surface area contributed by atoms with E-state index < -0.39 is 19.7 Å². The van der Waals surface area contributed by atoms with Crippen molar-refractivity contribution >= 4 is 64.3 Å². The third-order valence-corrected chi connectivity index (χ3v) is 9.76. The van der Waals surface area contributed by atoms with Gasteiger partial charge in [-0.3, -0.25) is 0 Å². The van der Waals surface area contributed by atoms with E-state index >= 15 is 0 Å². The Labute approximate surface area is 219 Å². The number of rotatable bonds is 6. The Bertz CT molecular complexity index is 1600. The molecular weight excluding hydrogens is 547 g/mol. The van der Waals surface area contributed by atoms with Gasteiger partial charge in [0, 0.05) is 15.1 Å². The van der Waals surface area contributed by atoms with E-state index in [2.05, 4.69) is 0 Å². The Hall–Kier alpha value is -2.61. The highest BCUT2D eigenvalue weighted by Gasteiger charge is 2.34. The van der Waals surface area contributed by atoms with Crippen LogP contribution in [0.15, 0.2) is 113 Å². The second-order valence-corrected chi connectivity index (χ2v) is 12.5. The molecule has 0 N–H and O–H groups in total. The fourth-order valence-corrected chi connectivity index (χ4v) is 7.58. The van der Waals surface area contributed by atoms with Crippen molar-refractivity contribution in [2.75, 3.05) is 0 Å². The van der Waals surface area contributed by atoms with Gasteiger partial charge in [0.2, 0.25) is 19.7 Å². The molecule has 0 unspecified atom stereocenters. The molecule has 0 saturated carbocycles. The fraction of sp³-hybridized carbons (Fsp3) is 0. The molecule has 0 aliphatic rings. The predicted molar refractivity (Wildman–Crippen MR) is 142 cm³/mol. The van der Waals surface area contributed by atoms with Crippen molar-refractivity contribution in [3.63, 3.8) is 0 Å². The second kappa shape index (κ2) is 10.2. The zero-order valence-electron chi connectivity index (χ0n) is 17.9. The monoisotopic (exact) mass is 562 g/mol. The lowest BCUT2D eigenvalue weighted by Crippen LogP contribution is -2.13. The molecule has 0 atom stereocenters. The van der Waals surface area contributed by atoms with Gasteiger partial charge in [0.15, 0.2) is 0 Å². The summed E-state index contributed by atoms with van der Waals surface area (Å²) in [6, 6.07) is 25.2. The van der Waals surface area contributed by atoms with E-state index in [0.29, 0.717) is 15.1 Å². The van der Waals surface area contributed by atoms with Crippen molar-refractivity contribution in [2.45, 2.75) is 9.79 Å². The second-order valence-electron chi connectivity index (χ2n) is 7.45. The summed E-state index contributed by atoms with van der Waals surface area (Å²) >= 11 is 18.0. The summed E-state index contributed by atoms with van der Waals surface area (Å²) in [5.74, 6) is 0. The van der Waals surface area contributed by atoms with Gasteiger partial charge in [0.25, 0.3) is 0 Å². The van der Waals surface area contributed by atoms with Crippen LogP contribution < -0.4 is 0 Å². The van der Waals surface area contributed by atoms with Crippen LogP contribution in [0.1, 0.15) is 11.1 Å². The van der Waals surface area contributed by atoms with E-state index in [0.717, 1.165) is 0 Å². The maximum absolute atomic E-state index is 14.1. The predicted octanol–water partition coefficient (Wildman–Crippen LogP) is 7.42. The Kier molecular flexibility index (Phi) is 7.40. The van der Waals surface area contributed by atoms with Crippen LogP contribution in [0.4, 0.5) is 0 Å². The molecule has 4 rings (SSSR count). The third kappa shape index (κ3) is 5.32. The highest BCUT2D eigenvalue weighted by atomic mass is 35.5. The van der Waals surface area contributed by atoms with Crippen LogP contribution in [0.25, 0.3) is 9.81 Å². The van der Waals surface area contributed by atoms with Crippen molar-refractivity contribution in [2.24, 2.45) is 0 Å². The summed E-state index contributed by atoms with van der Waals surface area (Å²) in [6.07, 6.45) is 0. The van der Waals surface area contributed by atoms with Crippen LogP contribution in [-0.2, 0) is 19.7 Å². The minimum Gasteiger partial charge on any atom is -0.218 e. The minimum absolute atomic E-state index is 0.0986. The Morgan fingerprint density at radius 2 is 0.743 bits per heavy atom. The molecule has 0 spiro atoms. The third-order valence-electron chi connectivity index (χ3n) is 5.13. The largest absolute Gasteiger partial charge is 0.218 e. The first-order valence-corrected chi connectivity index (χ1v) is 14.3. The molecule has 4 aromatic carbocycles. The van der Waals surface area contributed by atoms with Crippen molar-refractivity contribution in [1.29, 1.82) is 0 Å². The molecule has 4 aromatic rings. The first-order valence-electron chi connectivity index (χ1n) is 10.2. The van der Waals surface area contributed by atoms with Gasteiger partial charge in [-0.1, -0.05) is 77.3 Å². The standard InChI is InChI=1S/C26H17Cl3O4S2/c27-20-8-6-19(7-9-20)26(35(32,33)24-16-12-22(29)13-17-24)25(18-4-2-1-3-5-18)34(30,31)23-14-10-21(28)11-15-23/h1-17H/b26-25+. The van der Waals surface area contributed by atoms with E-state index in [1.165, 1.54) is 72.8 Å². The van der Waals surface area contributed by atoms with Gasteiger partial charge in [0.1, 0.15) is 0 Å². The number of hydrogen-bond acceptors (Lipinski definition) is 4. The Balaban J connectivity index is 2.16. The smallest absolute Gasteiger partial charge is 0.208 e. The zero-order chi connectivity index (χ0) is 25.2. The molecule has 35 heavy (non-hydrogen) atoms. The van der Waals surface area contributed by atoms with Crippen LogP contribution in [-0.4, -0.2) is 16.8 Å². The van der Waals surface area contributed by atoms with E-state index in [-0.39, 0.29) is 30.7 Å². The number of halogens is 3. The summed E-state index contributed by atoms with van der Waals surface area (Å²) in [5.41, 5.74) is 0.380. The molecule has 0 amide bonds. The summed E-state index contributed by atoms with van der Waals surface area (Å²) in [4.78, 5) is -0.944. The van der Waals surface area contributed by atoms with Gasteiger partial charge in [0.05, 0.1) is 19.6 Å². The lowest BCUT2D eigenvalue weighted by Gasteiger charge is -2.18. The molecule has 0 bridgehead atoms. The maximum Gasteiger partial charge on any atom is 0.208 e. The topological polar surface area (TPSA) is 68.3 Å². The minimum atomic E-state index is -4.36. The van der Waals surface area contributed by atoms with Crippen molar-refractivity contribution < 1.29 is 16.8 Å². The van der Waals surface area contributed by atoms with Crippen LogP contribution >= 0.6 is 34.8 Å². The van der Waals surface area contributed by atoms with Crippen molar-refractivity contribution in [3.05, 3.63) is 129 Å². The van der Waals surface area contributed by atoms with Crippen LogP contribution in [0, 0.1) is 0 Å². The van der Waals surface area contributed by atoms with Gasteiger partial charge in [-0.25, -0.2) is 16.8 Å². The molecule has 0 aliphatic heterocycles. The molecule has 0 saturated heterocycles. The molecule has 0 radical (unpaired) electrons. The van der Waals surface area contributed by atoms with Crippen LogP contribution in [0.5, 0.6) is 0 Å². The van der Waals surface area contributed by atoms with E-state index in [1.54, 1.807) is 30.3 Å². The lowest BCUT2D eigenvalue weighted by atomic mass is 10.1. The number of sulfone groups is 2. The SMILES string of the molecule is O=S(=O)(/C(=C(\c1ccc(Cl)cc1)S(=O)(=O)c1ccc(Cl)cc1)c1ccccc1)c1ccc(Cl)cc1. The van der Waals surface area contributed by atoms with Gasteiger partial charge in [-0.05, 0) is 71.8 Å². The maximum atomic E-state index is 14.1. The summed E-state index contributed by atoms with van der Waals surface area (Å²) in [5, 5.41) is 1.07. The normalized spacial score (nSPS) is 12.8. The Morgan fingerprint density at radius 1 is 0.429 bits per heavy atom. The van der Waals surface area contributed by atoms with E-state index in [4.69, 9.17) is 34.8 Å². The molecule has 0 aliphatic carbocycles. The van der Waals surface area contributed by atoms with Gasteiger partial charge < -0.3 is 0 Å². The molecule has 0 aromatic heterocycles. The summed E-state index contributed by atoms with van der Waals surface area (Å²) in [6.45, 7) is 0. The first-order chi connectivity index (χ1) is 16.6. The number of hydrogen-bond donors (Lipinski definition) is 0. The van der Waals surface area contributed by atoms with Gasteiger partial charge in [-0.2, -0.15) is 0 Å². The van der Waals surface area contributed by atoms with Gasteiger partial charge >= 0.3 is 0 Å². The van der Waals surface area contributed by atoms with Crippen molar-refractivity contribution in [3.8, 4) is 0 Å². The van der Waals surface area contributed by atoms with Crippen LogP contribution in [0.2, 0.25) is 15.1 Å². The first kappa shape index (κ1) is 25.5. The fourth-order valence-electron chi connectivity index (χ4n) is 3.47. The van der Waals surface area contributed by atoms with Crippen LogP contribution in [0.3, 0.4) is 0 Å². The quantitative estimate of drug-likeness (QED) is 0.229. The summed E-state index contributed by atoms with van der Waals surface area (Å²) < 4.78 is 56.2.